The first kappa shape index (κ1) is 9.06. The van der Waals surface area contributed by atoms with Crippen molar-refractivity contribution in [3.63, 3.8) is 0 Å². The van der Waals surface area contributed by atoms with E-state index in [0.29, 0.717) is 0 Å². The van der Waals surface area contributed by atoms with Crippen LogP contribution in [0.15, 0.2) is 24.4 Å². The fourth-order valence-corrected chi connectivity index (χ4v) is 1.66. The van der Waals surface area contributed by atoms with E-state index in [-0.39, 0.29) is 0 Å². The number of aryl methyl sites for hydroxylation is 3. The second-order valence-corrected chi connectivity index (χ2v) is 3.68. The number of aromatic nitrogens is 3. The molecule has 0 spiro atoms. The summed E-state index contributed by atoms with van der Waals surface area (Å²) in [6.07, 6.45) is 1.98. The van der Waals surface area contributed by atoms with Crippen molar-refractivity contribution in [2.45, 2.75) is 20.4 Å². The second kappa shape index (κ2) is 3.33. The maximum Gasteiger partial charge on any atom is 0.0821 e. The van der Waals surface area contributed by atoms with Crippen LogP contribution in [-0.2, 0) is 13.6 Å². The Kier molecular flexibility index (Phi) is 2.15. The second-order valence-electron chi connectivity index (χ2n) is 3.68. The Morgan fingerprint density at radius 2 is 1.79 bits per heavy atom. The molecule has 0 saturated heterocycles. The van der Waals surface area contributed by atoms with E-state index in [1.807, 2.05) is 17.9 Å². The van der Waals surface area contributed by atoms with Gasteiger partial charge in [0, 0.05) is 24.6 Å². The Bertz CT molecular complexity index is 418. The molecule has 0 atom stereocenters. The van der Waals surface area contributed by atoms with Crippen molar-refractivity contribution in [1.82, 2.24) is 14.3 Å². The van der Waals surface area contributed by atoms with Gasteiger partial charge >= 0.3 is 0 Å². The highest BCUT2D eigenvalue weighted by Crippen LogP contribution is 2.09. The van der Waals surface area contributed by atoms with Crippen LogP contribution >= 0.6 is 0 Å². The summed E-state index contributed by atoms with van der Waals surface area (Å²) in [4.78, 5) is 0. The standard InChI is InChI=1S/C11H15N3/c1-9-4-5-10(2)14(9)8-11-6-7-13(3)12-11/h4-7H,8H2,1-3H3. The molecule has 3 heteroatoms. The van der Waals surface area contributed by atoms with Crippen molar-refractivity contribution in [1.29, 1.82) is 0 Å². The Morgan fingerprint density at radius 1 is 1.14 bits per heavy atom. The fourth-order valence-electron chi connectivity index (χ4n) is 1.66. The lowest BCUT2D eigenvalue weighted by Gasteiger charge is -2.06. The van der Waals surface area contributed by atoms with Gasteiger partial charge in [0.2, 0.25) is 0 Å². The zero-order valence-electron chi connectivity index (χ0n) is 8.86. The topological polar surface area (TPSA) is 22.8 Å². The highest BCUT2D eigenvalue weighted by molar-refractivity contribution is 5.16. The fraction of sp³-hybridized carbons (Fsp3) is 0.364. The Labute approximate surface area is 84.0 Å². The molecule has 0 aliphatic carbocycles. The van der Waals surface area contributed by atoms with Crippen LogP contribution < -0.4 is 0 Å². The van der Waals surface area contributed by atoms with E-state index >= 15 is 0 Å². The van der Waals surface area contributed by atoms with Gasteiger partial charge in [0.05, 0.1) is 12.2 Å². The summed E-state index contributed by atoms with van der Waals surface area (Å²) in [5.74, 6) is 0. The lowest BCUT2D eigenvalue weighted by Crippen LogP contribution is -2.04. The number of hydrogen-bond acceptors (Lipinski definition) is 1. The molecule has 3 nitrogen and oxygen atoms in total. The van der Waals surface area contributed by atoms with Crippen molar-refractivity contribution in [3.8, 4) is 0 Å². The van der Waals surface area contributed by atoms with Gasteiger partial charge in [-0.05, 0) is 32.0 Å². The summed E-state index contributed by atoms with van der Waals surface area (Å²) >= 11 is 0. The highest BCUT2D eigenvalue weighted by atomic mass is 15.3. The van der Waals surface area contributed by atoms with Gasteiger partial charge in [-0.3, -0.25) is 4.68 Å². The molecule has 2 heterocycles. The van der Waals surface area contributed by atoms with Crippen molar-refractivity contribution < 1.29 is 0 Å². The molecule has 0 saturated carbocycles. The molecular weight excluding hydrogens is 174 g/mol. The van der Waals surface area contributed by atoms with Gasteiger partial charge in [0.1, 0.15) is 0 Å². The van der Waals surface area contributed by atoms with E-state index in [1.165, 1.54) is 11.4 Å². The van der Waals surface area contributed by atoms with Crippen LogP contribution in [0.5, 0.6) is 0 Å². The number of rotatable bonds is 2. The Morgan fingerprint density at radius 3 is 2.29 bits per heavy atom. The van der Waals surface area contributed by atoms with E-state index < -0.39 is 0 Å². The van der Waals surface area contributed by atoms with Gasteiger partial charge in [0.25, 0.3) is 0 Å². The lowest BCUT2D eigenvalue weighted by atomic mass is 10.4. The molecule has 2 rings (SSSR count). The first-order valence-corrected chi connectivity index (χ1v) is 4.78. The SMILES string of the molecule is Cc1ccc(C)n1Cc1ccn(C)n1. The van der Waals surface area contributed by atoms with Crippen LogP contribution in [0, 0.1) is 13.8 Å². The monoisotopic (exact) mass is 189 g/mol. The molecule has 2 aromatic rings. The molecule has 0 fully saturated rings. The van der Waals surface area contributed by atoms with Crippen molar-refractivity contribution in [2.24, 2.45) is 7.05 Å². The van der Waals surface area contributed by atoms with Gasteiger partial charge in [-0.1, -0.05) is 0 Å². The minimum atomic E-state index is 0.867. The minimum Gasteiger partial charge on any atom is -0.343 e. The van der Waals surface area contributed by atoms with Crippen LogP contribution in [0.25, 0.3) is 0 Å². The summed E-state index contributed by atoms with van der Waals surface area (Å²) in [6.45, 7) is 5.11. The van der Waals surface area contributed by atoms with Gasteiger partial charge < -0.3 is 4.57 Å². The third-order valence-corrected chi connectivity index (χ3v) is 2.51. The number of hydrogen-bond donors (Lipinski definition) is 0. The maximum absolute atomic E-state index is 4.36. The van der Waals surface area contributed by atoms with E-state index in [0.717, 1.165) is 12.2 Å². The van der Waals surface area contributed by atoms with E-state index in [2.05, 4.69) is 41.7 Å². The molecule has 0 aliphatic rings. The average Bonchev–Trinajstić information content (AvgIpc) is 2.67. The van der Waals surface area contributed by atoms with Crippen molar-refractivity contribution in [3.05, 3.63) is 41.5 Å². The third-order valence-electron chi connectivity index (χ3n) is 2.51. The predicted molar refractivity (Wildman–Crippen MR) is 56.2 cm³/mol. The average molecular weight is 189 g/mol. The maximum atomic E-state index is 4.36. The molecule has 0 N–H and O–H groups in total. The largest absolute Gasteiger partial charge is 0.343 e. The molecule has 2 aromatic heterocycles. The van der Waals surface area contributed by atoms with Crippen LogP contribution in [0.3, 0.4) is 0 Å². The van der Waals surface area contributed by atoms with Gasteiger partial charge in [0.15, 0.2) is 0 Å². The predicted octanol–water partition coefficient (Wildman–Crippen LogP) is 1.89. The molecule has 0 radical (unpaired) electrons. The Balaban J connectivity index is 2.26. The van der Waals surface area contributed by atoms with E-state index in [9.17, 15) is 0 Å². The van der Waals surface area contributed by atoms with Crippen molar-refractivity contribution >= 4 is 0 Å². The smallest absolute Gasteiger partial charge is 0.0821 e. The van der Waals surface area contributed by atoms with Gasteiger partial charge in [-0.2, -0.15) is 5.10 Å². The zero-order chi connectivity index (χ0) is 10.1. The Hall–Kier alpha value is -1.51. The molecule has 0 aliphatic heterocycles. The van der Waals surface area contributed by atoms with Crippen LogP contribution in [0.1, 0.15) is 17.1 Å². The van der Waals surface area contributed by atoms with Crippen LogP contribution in [0.4, 0.5) is 0 Å². The summed E-state index contributed by atoms with van der Waals surface area (Å²) in [7, 11) is 1.94. The molecule has 0 amide bonds. The first-order chi connectivity index (χ1) is 6.66. The zero-order valence-corrected chi connectivity index (χ0v) is 8.86. The summed E-state index contributed by atoms with van der Waals surface area (Å²) in [5, 5.41) is 4.36. The highest BCUT2D eigenvalue weighted by Gasteiger charge is 2.03. The summed E-state index contributed by atoms with van der Waals surface area (Å²) < 4.78 is 4.10. The lowest BCUT2D eigenvalue weighted by molar-refractivity contribution is 0.688. The molecule has 0 bridgehead atoms. The number of nitrogens with zero attached hydrogens (tertiary/aromatic N) is 3. The summed E-state index contributed by atoms with van der Waals surface area (Å²) in [6, 6.07) is 6.33. The molecular formula is C11H15N3. The van der Waals surface area contributed by atoms with Gasteiger partial charge in [-0.25, -0.2) is 0 Å². The molecule has 14 heavy (non-hydrogen) atoms. The normalized spacial score (nSPS) is 10.8. The van der Waals surface area contributed by atoms with E-state index in [4.69, 9.17) is 0 Å². The van der Waals surface area contributed by atoms with Crippen molar-refractivity contribution in [2.75, 3.05) is 0 Å². The van der Waals surface area contributed by atoms with Crippen LogP contribution in [-0.4, -0.2) is 14.3 Å². The molecule has 74 valence electrons. The molecule has 0 aromatic carbocycles. The summed E-state index contributed by atoms with van der Waals surface area (Å²) in [5.41, 5.74) is 3.68. The van der Waals surface area contributed by atoms with E-state index in [1.54, 1.807) is 0 Å². The van der Waals surface area contributed by atoms with Crippen LogP contribution in [0.2, 0.25) is 0 Å². The molecule has 0 unspecified atom stereocenters. The van der Waals surface area contributed by atoms with Gasteiger partial charge in [-0.15, -0.1) is 0 Å². The quantitative estimate of drug-likeness (QED) is 0.707. The minimum absolute atomic E-state index is 0.867. The third kappa shape index (κ3) is 1.58. The first-order valence-electron chi connectivity index (χ1n) is 4.78.